The zero-order chi connectivity index (χ0) is 18.4. The number of hydrogen-bond acceptors (Lipinski definition) is 3. The molecule has 5 nitrogen and oxygen atoms in total. The number of aryl methyl sites for hydroxylation is 1. The van der Waals surface area contributed by atoms with E-state index in [1.54, 1.807) is 7.11 Å². The minimum atomic E-state index is 0. The molecular formula is C21H27BrN3O2-. The van der Waals surface area contributed by atoms with E-state index in [-0.39, 0.29) is 17.0 Å². The van der Waals surface area contributed by atoms with Gasteiger partial charge in [-0.1, -0.05) is 31.9 Å². The van der Waals surface area contributed by atoms with Crippen molar-refractivity contribution >= 4 is 11.0 Å². The van der Waals surface area contributed by atoms with Crippen LogP contribution >= 0.6 is 0 Å². The van der Waals surface area contributed by atoms with Crippen LogP contribution in [0.25, 0.3) is 11.0 Å². The lowest BCUT2D eigenvalue weighted by Crippen LogP contribution is -3.00. The number of ether oxygens (including phenoxy) is 2. The summed E-state index contributed by atoms with van der Waals surface area (Å²) in [6, 6.07) is 15.8. The molecule has 0 spiro atoms. The zero-order valence-corrected chi connectivity index (χ0v) is 17.5. The summed E-state index contributed by atoms with van der Waals surface area (Å²) in [5, 5.41) is 8.60. The normalized spacial score (nSPS) is 10.6. The number of methoxy groups -OCH3 is 1. The van der Waals surface area contributed by atoms with Gasteiger partial charge in [-0.2, -0.15) is 0 Å². The van der Waals surface area contributed by atoms with Crippen molar-refractivity contribution in [1.29, 1.82) is 5.41 Å². The lowest BCUT2D eigenvalue weighted by molar-refractivity contribution is -0.00000639. The molecule has 27 heavy (non-hydrogen) atoms. The predicted octanol–water partition coefficient (Wildman–Crippen LogP) is 1.20. The van der Waals surface area contributed by atoms with Crippen molar-refractivity contribution in [2.24, 2.45) is 0 Å². The lowest BCUT2D eigenvalue weighted by atomic mass is 10.2. The fraction of sp³-hybridized carbons (Fsp3) is 0.381. The molecule has 0 aliphatic rings. The van der Waals surface area contributed by atoms with Crippen molar-refractivity contribution in [2.75, 3.05) is 13.7 Å². The van der Waals surface area contributed by atoms with E-state index >= 15 is 0 Å². The minimum Gasteiger partial charge on any atom is -1.00 e. The summed E-state index contributed by atoms with van der Waals surface area (Å²) < 4.78 is 15.2. The second-order valence-corrected chi connectivity index (χ2v) is 6.35. The standard InChI is InChI=1S/C21H27N3O2.BrH/c1-3-4-7-14-23-19-8-5-6-9-20(19)24(21(23)22)15-16-26-18-12-10-17(25-2)11-13-18;/h5-6,8-13,22H,3-4,7,14-16H2,1-2H3;1H/p-1. The van der Waals surface area contributed by atoms with E-state index in [2.05, 4.69) is 23.6 Å². The summed E-state index contributed by atoms with van der Waals surface area (Å²) in [6.45, 7) is 4.25. The second kappa shape index (κ2) is 10.2. The zero-order valence-electron chi connectivity index (χ0n) is 16.0. The molecule has 0 aliphatic heterocycles. The summed E-state index contributed by atoms with van der Waals surface area (Å²) in [5.74, 6) is 1.62. The van der Waals surface area contributed by atoms with E-state index in [4.69, 9.17) is 14.9 Å². The van der Waals surface area contributed by atoms with Gasteiger partial charge in [0.1, 0.15) is 18.1 Å². The fourth-order valence-electron chi connectivity index (χ4n) is 3.19. The first-order valence-corrected chi connectivity index (χ1v) is 9.24. The molecule has 0 radical (unpaired) electrons. The molecule has 1 aromatic heterocycles. The number of unbranched alkanes of at least 4 members (excludes halogenated alkanes) is 2. The van der Waals surface area contributed by atoms with Crippen molar-refractivity contribution in [1.82, 2.24) is 9.13 Å². The summed E-state index contributed by atoms with van der Waals surface area (Å²) in [4.78, 5) is 0. The number of imidazole rings is 1. The van der Waals surface area contributed by atoms with Gasteiger partial charge in [-0.15, -0.1) is 0 Å². The van der Waals surface area contributed by atoms with Crippen LogP contribution in [0.2, 0.25) is 0 Å². The Morgan fingerprint density at radius 3 is 2.04 bits per heavy atom. The van der Waals surface area contributed by atoms with Gasteiger partial charge in [-0.05, 0) is 42.8 Å². The van der Waals surface area contributed by atoms with Crippen LogP contribution in [0.3, 0.4) is 0 Å². The van der Waals surface area contributed by atoms with Gasteiger partial charge in [0.2, 0.25) is 5.62 Å². The number of nitrogens with one attached hydrogen (secondary N) is 1. The molecule has 0 saturated carbocycles. The molecular weight excluding hydrogens is 406 g/mol. The molecule has 0 fully saturated rings. The summed E-state index contributed by atoms with van der Waals surface area (Å²) in [6.07, 6.45) is 3.47. The second-order valence-electron chi connectivity index (χ2n) is 6.35. The first-order chi connectivity index (χ1) is 12.7. The minimum absolute atomic E-state index is 0. The summed E-state index contributed by atoms with van der Waals surface area (Å²) in [5.41, 5.74) is 2.76. The van der Waals surface area contributed by atoms with Crippen molar-refractivity contribution in [3.05, 3.63) is 54.1 Å². The third-order valence-corrected chi connectivity index (χ3v) is 4.60. The average molecular weight is 433 g/mol. The van der Waals surface area contributed by atoms with Crippen molar-refractivity contribution in [3.63, 3.8) is 0 Å². The molecule has 1 heterocycles. The Balaban J connectivity index is 0.00000261. The number of para-hydroxylation sites is 2. The van der Waals surface area contributed by atoms with Crippen LogP contribution in [-0.2, 0) is 13.1 Å². The number of rotatable bonds is 9. The molecule has 6 heteroatoms. The highest BCUT2D eigenvalue weighted by molar-refractivity contribution is 5.75. The summed E-state index contributed by atoms with van der Waals surface area (Å²) in [7, 11) is 1.65. The predicted molar refractivity (Wildman–Crippen MR) is 104 cm³/mol. The largest absolute Gasteiger partial charge is 1.00 e. The van der Waals surface area contributed by atoms with Gasteiger partial charge in [0, 0.05) is 6.54 Å². The van der Waals surface area contributed by atoms with Crippen LogP contribution < -0.4 is 32.1 Å². The van der Waals surface area contributed by atoms with Gasteiger partial charge in [-0.25, -0.2) is 0 Å². The highest BCUT2D eigenvalue weighted by Crippen LogP contribution is 2.18. The molecule has 0 atom stereocenters. The number of nitrogens with zero attached hydrogens (tertiary/aromatic N) is 2. The average Bonchev–Trinajstić information content (AvgIpc) is 2.94. The lowest BCUT2D eigenvalue weighted by Gasteiger charge is -2.08. The Labute approximate surface area is 170 Å². The Morgan fingerprint density at radius 1 is 0.852 bits per heavy atom. The molecule has 0 saturated heterocycles. The molecule has 0 aliphatic carbocycles. The SMILES string of the molecule is CCCCCn1c(=N)n(CCOc2ccc(OC)cc2)c2ccccc21.[Br-]. The number of aromatic nitrogens is 2. The van der Waals surface area contributed by atoms with E-state index in [0.717, 1.165) is 35.5 Å². The van der Waals surface area contributed by atoms with Crippen LogP contribution in [-0.4, -0.2) is 22.9 Å². The highest BCUT2D eigenvalue weighted by Gasteiger charge is 2.10. The third-order valence-electron chi connectivity index (χ3n) is 4.60. The van der Waals surface area contributed by atoms with E-state index < -0.39 is 0 Å². The molecule has 1 N–H and O–H groups in total. The molecule has 0 bridgehead atoms. The van der Waals surface area contributed by atoms with Gasteiger partial charge in [0.25, 0.3) is 0 Å². The molecule has 0 unspecified atom stereocenters. The summed E-state index contributed by atoms with van der Waals surface area (Å²) >= 11 is 0. The number of fused-ring (bicyclic) bond motifs is 1. The maximum atomic E-state index is 8.60. The topological polar surface area (TPSA) is 52.2 Å². The van der Waals surface area contributed by atoms with Crippen LogP contribution in [0.15, 0.2) is 48.5 Å². The molecule has 146 valence electrons. The molecule has 2 aromatic carbocycles. The number of hydrogen-bond donors (Lipinski definition) is 1. The quantitative estimate of drug-likeness (QED) is 0.516. The van der Waals surface area contributed by atoms with E-state index in [0.29, 0.717) is 18.8 Å². The molecule has 3 rings (SSSR count). The van der Waals surface area contributed by atoms with Crippen LogP contribution in [0, 0.1) is 5.41 Å². The van der Waals surface area contributed by atoms with Crippen molar-refractivity contribution in [2.45, 2.75) is 39.3 Å². The van der Waals surface area contributed by atoms with Gasteiger partial charge in [-0.3, -0.25) is 5.41 Å². The Hall–Kier alpha value is -2.21. The maximum absolute atomic E-state index is 8.60. The smallest absolute Gasteiger partial charge is 0.203 e. The molecule has 0 amide bonds. The Morgan fingerprint density at radius 2 is 1.44 bits per heavy atom. The van der Waals surface area contributed by atoms with E-state index in [1.165, 1.54) is 12.8 Å². The van der Waals surface area contributed by atoms with Crippen LogP contribution in [0.1, 0.15) is 26.2 Å². The van der Waals surface area contributed by atoms with Gasteiger partial charge < -0.3 is 35.6 Å². The third kappa shape index (κ3) is 4.95. The van der Waals surface area contributed by atoms with Crippen molar-refractivity contribution < 1.29 is 26.5 Å². The van der Waals surface area contributed by atoms with Gasteiger partial charge in [0.15, 0.2) is 0 Å². The number of benzene rings is 2. The van der Waals surface area contributed by atoms with Crippen LogP contribution in [0.4, 0.5) is 0 Å². The van der Waals surface area contributed by atoms with Crippen LogP contribution in [0.5, 0.6) is 11.5 Å². The van der Waals surface area contributed by atoms with Crippen molar-refractivity contribution in [3.8, 4) is 11.5 Å². The van der Waals surface area contributed by atoms with E-state index in [9.17, 15) is 0 Å². The Kier molecular flexibility index (Phi) is 7.98. The number of halogens is 1. The first-order valence-electron chi connectivity index (χ1n) is 9.24. The maximum Gasteiger partial charge on any atom is 0.203 e. The monoisotopic (exact) mass is 432 g/mol. The first kappa shape index (κ1) is 21.1. The fourth-order valence-corrected chi connectivity index (χ4v) is 3.19. The van der Waals surface area contributed by atoms with Gasteiger partial charge in [0.05, 0.1) is 24.7 Å². The Bertz CT molecular complexity index is 900. The molecule has 3 aromatic rings. The highest BCUT2D eigenvalue weighted by atomic mass is 79.9. The van der Waals surface area contributed by atoms with E-state index in [1.807, 2.05) is 41.0 Å². The van der Waals surface area contributed by atoms with Gasteiger partial charge >= 0.3 is 0 Å².